The van der Waals surface area contributed by atoms with Crippen molar-refractivity contribution in [1.82, 2.24) is 16.0 Å². The Morgan fingerprint density at radius 2 is 1.30 bits per heavy atom. The highest BCUT2D eigenvalue weighted by atomic mass is 16.4. The van der Waals surface area contributed by atoms with Gasteiger partial charge < -0.3 is 48.5 Å². The number of aliphatic imine (C=N–C) groups is 1. The standard InChI is InChI=1S/C29H39N7O8/c30-20(15-17-5-2-1-3-6-17)25(40)36-23(16-18-8-10-19(37)11-9-18)27(42)34-21(7-4-14-33-29(31)32)26(41)35-22(28(43)44)12-13-24(38)39/h1-3,5-6,8-11,20-23,37H,4,7,12-16,30H2,(H,34,42)(H,35,41)(H,36,40)(H,38,39)(H,43,44)(H4,31,32,33). The molecule has 0 radical (unpaired) electrons. The Kier molecular flexibility index (Phi) is 14.1. The van der Waals surface area contributed by atoms with Crippen LogP contribution in [-0.2, 0) is 36.8 Å². The van der Waals surface area contributed by atoms with E-state index < -0.39 is 60.2 Å². The van der Waals surface area contributed by atoms with E-state index in [0.717, 1.165) is 5.56 Å². The molecule has 0 spiro atoms. The van der Waals surface area contributed by atoms with E-state index >= 15 is 0 Å². The molecule has 0 bridgehead atoms. The monoisotopic (exact) mass is 613 g/mol. The number of hydrogen-bond donors (Lipinski definition) is 9. The predicted molar refractivity (Wildman–Crippen MR) is 160 cm³/mol. The van der Waals surface area contributed by atoms with Crippen LogP contribution in [-0.4, -0.2) is 81.7 Å². The number of nitrogens with one attached hydrogen (secondary N) is 3. The highest BCUT2D eigenvalue weighted by molar-refractivity contribution is 5.94. The van der Waals surface area contributed by atoms with Crippen molar-refractivity contribution in [2.75, 3.05) is 6.54 Å². The minimum absolute atomic E-state index is 0.00272. The third kappa shape index (κ3) is 12.8. The van der Waals surface area contributed by atoms with E-state index in [2.05, 4.69) is 20.9 Å². The lowest BCUT2D eigenvalue weighted by molar-refractivity contribution is -0.143. The fourth-order valence-electron chi connectivity index (χ4n) is 4.16. The number of aromatic hydroxyl groups is 1. The molecule has 0 aliphatic heterocycles. The Balaban J connectivity index is 2.26. The van der Waals surface area contributed by atoms with Crippen LogP contribution in [0.2, 0.25) is 0 Å². The van der Waals surface area contributed by atoms with Gasteiger partial charge in [0, 0.05) is 19.4 Å². The van der Waals surface area contributed by atoms with E-state index in [1.165, 1.54) is 12.1 Å². The third-order valence-corrected chi connectivity index (χ3v) is 6.48. The molecular weight excluding hydrogens is 574 g/mol. The van der Waals surface area contributed by atoms with Crippen molar-refractivity contribution < 1.29 is 39.3 Å². The molecule has 15 heteroatoms. The molecule has 15 nitrogen and oxygen atoms in total. The SMILES string of the molecule is NC(N)=NCCCC(NC(=O)C(Cc1ccc(O)cc1)NC(=O)C(N)Cc1ccccc1)C(=O)NC(CCC(=O)O)C(=O)O. The number of benzene rings is 2. The minimum Gasteiger partial charge on any atom is -0.508 e. The van der Waals surface area contributed by atoms with Gasteiger partial charge in [-0.2, -0.15) is 0 Å². The minimum atomic E-state index is -1.53. The smallest absolute Gasteiger partial charge is 0.326 e. The molecule has 0 aliphatic carbocycles. The Bertz CT molecular complexity index is 1300. The van der Waals surface area contributed by atoms with E-state index in [4.69, 9.17) is 22.3 Å². The molecular formula is C29H39N7O8. The van der Waals surface area contributed by atoms with E-state index in [1.54, 1.807) is 36.4 Å². The van der Waals surface area contributed by atoms with Crippen LogP contribution in [0.15, 0.2) is 59.6 Å². The topological polar surface area (TPSA) is 273 Å². The van der Waals surface area contributed by atoms with Crippen molar-refractivity contribution in [2.24, 2.45) is 22.2 Å². The normalized spacial score (nSPS) is 13.4. The van der Waals surface area contributed by atoms with Gasteiger partial charge in [-0.3, -0.25) is 24.2 Å². The van der Waals surface area contributed by atoms with E-state index in [-0.39, 0.29) is 50.4 Å². The van der Waals surface area contributed by atoms with Gasteiger partial charge in [0.25, 0.3) is 0 Å². The summed E-state index contributed by atoms with van der Waals surface area (Å²) in [5.74, 6) is -5.15. The molecule has 2 rings (SSSR count). The number of guanidine groups is 1. The summed E-state index contributed by atoms with van der Waals surface area (Å²) in [4.78, 5) is 66.2. The molecule has 0 aliphatic rings. The Hall–Kier alpha value is -5.18. The third-order valence-electron chi connectivity index (χ3n) is 6.48. The van der Waals surface area contributed by atoms with Crippen LogP contribution in [0.25, 0.3) is 0 Å². The Labute approximate surface area is 253 Å². The molecule has 3 amide bonds. The molecule has 12 N–H and O–H groups in total. The van der Waals surface area contributed by atoms with Crippen molar-refractivity contribution in [3.63, 3.8) is 0 Å². The van der Waals surface area contributed by atoms with Gasteiger partial charge in [-0.25, -0.2) is 4.79 Å². The maximum Gasteiger partial charge on any atom is 0.326 e. The van der Waals surface area contributed by atoms with Gasteiger partial charge in [-0.1, -0.05) is 42.5 Å². The lowest BCUT2D eigenvalue weighted by Gasteiger charge is -2.25. The lowest BCUT2D eigenvalue weighted by Crippen LogP contribution is -2.57. The van der Waals surface area contributed by atoms with E-state index in [1.807, 2.05) is 6.07 Å². The van der Waals surface area contributed by atoms with Crippen LogP contribution < -0.4 is 33.2 Å². The van der Waals surface area contributed by atoms with Crippen LogP contribution >= 0.6 is 0 Å². The van der Waals surface area contributed by atoms with Crippen LogP contribution in [0.5, 0.6) is 5.75 Å². The largest absolute Gasteiger partial charge is 0.508 e. The summed E-state index contributed by atoms with van der Waals surface area (Å²) in [6, 6.07) is 9.94. The lowest BCUT2D eigenvalue weighted by atomic mass is 10.0. The zero-order valence-corrected chi connectivity index (χ0v) is 24.0. The van der Waals surface area contributed by atoms with Crippen molar-refractivity contribution in [2.45, 2.75) is 62.7 Å². The summed E-state index contributed by atoms with van der Waals surface area (Å²) in [6.45, 7) is 0.103. The second kappa shape index (κ2) is 17.7. The first-order valence-electron chi connectivity index (χ1n) is 13.8. The van der Waals surface area contributed by atoms with Gasteiger partial charge in [0.1, 0.15) is 23.9 Å². The van der Waals surface area contributed by atoms with Crippen molar-refractivity contribution in [3.05, 3.63) is 65.7 Å². The zero-order chi connectivity index (χ0) is 32.6. The molecule has 2 aromatic rings. The maximum atomic E-state index is 13.6. The number of carboxylic acids is 2. The van der Waals surface area contributed by atoms with E-state index in [9.17, 15) is 34.2 Å². The highest BCUT2D eigenvalue weighted by Gasteiger charge is 2.30. The quantitative estimate of drug-likeness (QED) is 0.0556. The Morgan fingerprint density at radius 3 is 1.89 bits per heavy atom. The van der Waals surface area contributed by atoms with Gasteiger partial charge in [0.05, 0.1) is 6.04 Å². The van der Waals surface area contributed by atoms with Crippen molar-refractivity contribution in [3.8, 4) is 5.75 Å². The molecule has 0 heterocycles. The summed E-state index contributed by atoms with van der Waals surface area (Å²) in [5.41, 5.74) is 18.2. The average molecular weight is 614 g/mol. The van der Waals surface area contributed by atoms with Gasteiger partial charge >= 0.3 is 11.9 Å². The summed E-state index contributed by atoms with van der Waals surface area (Å²) in [6.07, 6.45) is -0.544. The molecule has 4 atom stereocenters. The number of hydrogen-bond acceptors (Lipinski definition) is 8. The second-order valence-corrected chi connectivity index (χ2v) is 10.1. The molecule has 0 saturated carbocycles. The highest BCUT2D eigenvalue weighted by Crippen LogP contribution is 2.13. The first-order chi connectivity index (χ1) is 20.8. The van der Waals surface area contributed by atoms with Crippen molar-refractivity contribution >= 4 is 35.6 Å². The van der Waals surface area contributed by atoms with Gasteiger partial charge in [-0.05, 0) is 48.9 Å². The predicted octanol–water partition coefficient (Wildman–Crippen LogP) is -1.04. The number of amides is 3. The number of phenolic OH excluding ortho intramolecular Hbond substituents is 1. The number of carbonyl (C=O) groups excluding carboxylic acids is 3. The molecule has 4 unspecified atom stereocenters. The van der Waals surface area contributed by atoms with Crippen LogP contribution in [0.4, 0.5) is 0 Å². The van der Waals surface area contributed by atoms with Gasteiger partial charge in [0.2, 0.25) is 17.7 Å². The summed E-state index contributed by atoms with van der Waals surface area (Å²) in [7, 11) is 0. The number of carbonyl (C=O) groups is 5. The van der Waals surface area contributed by atoms with Crippen LogP contribution in [0.3, 0.4) is 0 Å². The summed E-state index contributed by atoms with van der Waals surface area (Å²) >= 11 is 0. The fourth-order valence-corrected chi connectivity index (χ4v) is 4.16. The zero-order valence-electron chi connectivity index (χ0n) is 24.0. The number of carboxylic acid groups (broad SMARTS) is 2. The molecule has 0 fully saturated rings. The second-order valence-electron chi connectivity index (χ2n) is 10.1. The molecule has 0 saturated heterocycles. The number of nitrogens with zero attached hydrogens (tertiary/aromatic N) is 1. The first-order valence-corrected chi connectivity index (χ1v) is 13.8. The van der Waals surface area contributed by atoms with E-state index in [0.29, 0.717) is 5.56 Å². The number of nitrogens with two attached hydrogens (primary N) is 3. The molecule has 238 valence electrons. The molecule has 44 heavy (non-hydrogen) atoms. The summed E-state index contributed by atoms with van der Waals surface area (Å²) < 4.78 is 0. The van der Waals surface area contributed by atoms with Crippen LogP contribution in [0.1, 0.15) is 36.8 Å². The first kappa shape index (κ1) is 35.0. The summed E-state index contributed by atoms with van der Waals surface area (Å²) in [5, 5.41) is 35.5. The van der Waals surface area contributed by atoms with Crippen LogP contribution in [0, 0.1) is 0 Å². The fraction of sp³-hybridized carbons (Fsp3) is 0.379. The maximum absolute atomic E-state index is 13.6. The molecule has 2 aromatic carbocycles. The Morgan fingerprint density at radius 1 is 0.727 bits per heavy atom. The number of aliphatic carboxylic acids is 2. The van der Waals surface area contributed by atoms with Crippen molar-refractivity contribution in [1.29, 1.82) is 0 Å². The average Bonchev–Trinajstić information content (AvgIpc) is 2.97. The number of phenols is 1. The van der Waals surface area contributed by atoms with Gasteiger partial charge in [-0.15, -0.1) is 0 Å². The molecule has 0 aromatic heterocycles. The number of rotatable bonds is 18. The van der Waals surface area contributed by atoms with Gasteiger partial charge in [0.15, 0.2) is 5.96 Å².